The van der Waals surface area contributed by atoms with Gasteiger partial charge in [0.05, 0.1) is 6.26 Å². The maximum atomic E-state index is 12.5. The van der Waals surface area contributed by atoms with Crippen molar-refractivity contribution >= 4 is 23.6 Å². The van der Waals surface area contributed by atoms with Crippen LogP contribution in [0.25, 0.3) is 0 Å². The average molecular weight is 360 g/mol. The van der Waals surface area contributed by atoms with Gasteiger partial charge in [-0.15, -0.1) is 0 Å². The fourth-order valence-electron chi connectivity index (χ4n) is 2.42. The molecule has 1 aromatic carbocycles. The summed E-state index contributed by atoms with van der Waals surface area (Å²) < 4.78 is 5.09. The van der Waals surface area contributed by atoms with Gasteiger partial charge < -0.3 is 15.1 Å². The van der Waals surface area contributed by atoms with E-state index < -0.39 is 6.04 Å². The Morgan fingerprint density at radius 2 is 1.92 bits per heavy atom. The number of rotatable bonds is 9. The first-order chi connectivity index (χ1) is 12.1. The minimum absolute atomic E-state index is 0.170. The van der Waals surface area contributed by atoms with Crippen molar-refractivity contribution in [3.8, 4) is 0 Å². The van der Waals surface area contributed by atoms with Crippen LogP contribution in [0.3, 0.4) is 0 Å². The number of thioether (sulfide) groups is 1. The highest BCUT2D eigenvalue weighted by Gasteiger charge is 2.22. The Kier molecular flexibility index (Phi) is 7.60. The van der Waals surface area contributed by atoms with Gasteiger partial charge in [-0.2, -0.15) is 11.8 Å². The van der Waals surface area contributed by atoms with Crippen molar-refractivity contribution in [2.24, 2.45) is 0 Å². The summed E-state index contributed by atoms with van der Waals surface area (Å²) in [5.74, 6) is 0.649. The van der Waals surface area contributed by atoms with Crippen molar-refractivity contribution in [1.29, 1.82) is 0 Å². The van der Waals surface area contributed by atoms with E-state index in [9.17, 15) is 9.59 Å². The molecule has 0 saturated carbocycles. The molecule has 2 atom stereocenters. The first-order valence-corrected chi connectivity index (χ1v) is 9.67. The van der Waals surface area contributed by atoms with E-state index in [2.05, 4.69) is 17.6 Å². The van der Waals surface area contributed by atoms with Crippen LogP contribution in [0.15, 0.2) is 53.1 Å². The molecule has 0 unspecified atom stereocenters. The van der Waals surface area contributed by atoms with Gasteiger partial charge in [0.15, 0.2) is 5.76 Å². The molecule has 0 saturated heterocycles. The number of nitrogens with one attached hydrogen (secondary N) is 2. The predicted molar refractivity (Wildman–Crippen MR) is 101 cm³/mol. The second-order valence-electron chi connectivity index (χ2n) is 5.84. The minimum Gasteiger partial charge on any atom is -0.459 e. The molecule has 25 heavy (non-hydrogen) atoms. The van der Waals surface area contributed by atoms with Crippen molar-refractivity contribution in [2.75, 3.05) is 18.6 Å². The molecule has 0 aliphatic rings. The van der Waals surface area contributed by atoms with E-state index in [1.165, 1.54) is 11.8 Å². The lowest BCUT2D eigenvalue weighted by Gasteiger charge is -2.19. The molecule has 1 heterocycles. The summed E-state index contributed by atoms with van der Waals surface area (Å²) in [6.45, 7) is 2.59. The SMILES string of the molecule is CSCC[C@@H](NC(=O)c1ccco1)C(=O)NC[C@@H](C)c1ccccc1. The first kappa shape index (κ1) is 19.1. The molecule has 0 aliphatic heterocycles. The number of carbonyl (C=O) groups excluding carboxylic acids is 2. The maximum absolute atomic E-state index is 12.5. The summed E-state index contributed by atoms with van der Waals surface area (Å²) in [4.78, 5) is 24.7. The predicted octanol–water partition coefficient (Wildman–Crippen LogP) is 3.05. The van der Waals surface area contributed by atoms with Crippen molar-refractivity contribution < 1.29 is 14.0 Å². The fraction of sp³-hybridized carbons (Fsp3) is 0.368. The van der Waals surface area contributed by atoms with E-state index in [1.54, 1.807) is 23.9 Å². The van der Waals surface area contributed by atoms with Crippen LogP contribution in [-0.2, 0) is 4.79 Å². The number of furan rings is 1. The van der Waals surface area contributed by atoms with Crippen LogP contribution >= 0.6 is 11.8 Å². The van der Waals surface area contributed by atoms with Crippen molar-refractivity contribution in [2.45, 2.75) is 25.3 Å². The monoisotopic (exact) mass is 360 g/mol. The Labute approximate surface area is 152 Å². The van der Waals surface area contributed by atoms with Crippen LogP contribution in [0.1, 0.15) is 35.4 Å². The number of hydrogen-bond acceptors (Lipinski definition) is 4. The summed E-state index contributed by atoms with van der Waals surface area (Å²) in [5.41, 5.74) is 1.17. The van der Waals surface area contributed by atoms with E-state index in [1.807, 2.05) is 36.6 Å². The third kappa shape index (κ3) is 5.98. The highest BCUT2D eigenvalue weighted by Crippen LogP contribution is 2.13. The quantitative estimate of drug-likeness (QED) is 0.721. The van der Waals surface area contributed by atoms with Crippen LogP contribution in [0, 0.1) is 0 Å². The topological polar surface area (TPSA) is 71.3 Å². The molecule has 2 amide bonds. The Bertz CT molecular complexity index is 659. The molecule has 2 aromatic rings. The molecule has 0 radical (unpaired) electrons. The molecular weight excluding hydrogens is 336 g/mol. The Hall–Kier alpha value is -2.21. The van der Waals surface area contributed by atoms with E-state index >= 15 is 0 Å². The van der Waals surface area contributed by atoms with Gasteiger partial charge in [-0.05, 0) is 42.0 Å². The van der Waals surface area contributed by atoms with E-state index in [0.717, 1.165) is 5.75 Å². The molecule has 134 valence electrons. The zero-order valence-corrected chi connectivity index (χ0v) is 15.3. The first-order valence-electron chi connectivity index (χ1n) is 8.27. The smallest absolute Gasteiger partial charge is 0.287 e. The molecule has 5 nitrogen and oxygen atoms in total. The minimum atomic E-state index is -0.576. The molecule has 0 bridgehead atoms. The molecule has 0 aliphatic carbocycles. The van der Waals surface area contributed by atoms with Gasteiger partial charge in [-0.25, -0.2) is 0 Å². The third-order valence-corrected chi connectivity index (χ3v) is 4.57. The lowest BCUT2D eigenvalue weighted by atomic mass is 10.0. The second kappa shape index (κ2) is 9.93. The molecular formula is C19H24N2O3S. The van der Waals surface area contributed by atoms with Gasteiger partial charge in [-0.3, -0.25) is 9.59 Å². The maximum Gasteiger partial charge on any atom is 0.287 e. The molecule has 0 spiro atoms. The van der Waals surface area contributed by atoms with Gasteiger partial charge in [0.1, 0.15) is 6.04 Å². The number of hydrogen-bond donors (Lipinski definition) is 2. The van der Waals surface area contributed by atoms with Crippen LogP contribution in [0.4, 0.5) is 0 Å². The van der Waals surface area contributed by atoms with Gasteiger partial charge in [0.2, 0.25) is 5.91 Å². The normalized spacial score (nSPS) is 13.0. The van der Waals surface area contributed by atoms with Gasteiger partial charge in [0, 0.05) is 6.54 Å². The molecule has 2 N–H and O–H groups in total. The molecule has 2 rings (SSSR count). The largest absolute Gasteiger partial charge is 0.459 e. The summed E-state index contributed by atoms with van der Waals surface area (Å²) in [5, 5.41) is 5.71. The summed E-state index contributed by atoms with van der Waals surface area (Å²) in [6.07, 6.45) is 3.98. The lowest BCUT2D eigenvalue weighted by molar-refractivity contribution is -0.123. The van der Waals surface area contributed by atoms with E-state index in [0.29, 0.717) is 13.0 Å². The van der Waals surface area contributed by atoms with Crippen LogP contribution in [0.2, 0.25) is 0 Å². The zero-order chi connectivity index (χ0) is 18.1. The molecule has 6 heteroatoms. The van der Waals surface area contributed by atoms with Gasteiger partial charge in [0.25, 0.3) is 5.91 Å². The number of amides is 2. The van der Waals surface area contributed by atoms with Crippen LogP contribution < -0.4 is 10.6 Å². The van der Waals surface area contributed by atoms with Gasteiger partial charge in [-0.1, -0.05) is 37.3 Å². The zero-order valence-electron chi connectivity index (χ0n) is 14.5. The second-order valence-corrected chi connectivity index (χ2v) is 6.83. The lowest BCUT2D eigenvalue weighted by Crippen LogP contribution is -2.47. The third-order valence-electron chi connectivity index (χ3n) is 3.93. The molecule has 1 aromatic heterocycles. The van der Waals surface area contributed by atoms with E-state index in [-0.39, 0.29) is 23.5 Å². The summed E-state index contributed by atoms with van der Waals surface area (Å²) in [7, 11) is 0. The highest BCUT2D eigenvalue weighted by atomic mass is 32.2. The number of benzene rings is 1. The number of carbonyl (C=O) groups is 2. The molecule has 0 fully saturated rings. The van der Waals surface area contributed by atoms with E-state index in [4.69, 9.17) is 4.42 Å². The van der Waals surface area contributed by atoms with Crippen LogP contribution in [-0.4, -0.2) is 36.4 Å². The van der Waals surface area contributed by atoms with Crippen LogP contribution in [0.5, 0.6) is 0 Å². The standard InChI is InChI=1S/C19H24N2O3S/c1-14(15-7-4-3-5-8-15)13-20-18(22)16(10-12-25-2)21-19(23)17-9-6-11-24-17/h3-9,11,14,16H,10,12-13H2,1-2H3,(H,20,22)(H,21,23)/t14-,16-/m1/s1. The average Bonchev–Trinajstić information content (AvgIpc) is 3.18. The Morgan fingerprint density at radius 3 is 2.56 bits per heavy atom. The summed E-state index contributed by atoms with van der Waals surface area (Å²) in [6, 6.07) is 12.7. The van der Waals surface area contributed by atoms with Crippen molar-refractivity contribution in [3.05, 3.63) is 60.1 Å². The highest BCUT2D eigenvalue weighted by molar-refractivity contribution is 7.98. The van der Waals surface area contributed by atoms with Crippen molar-refractivity contribution in [1.82, 2.24) is 10.6 Å². The Balaban J connectivity index is 1.92. The summed E-state index contributed by atoms with van der Waals surface area (Å²) >= 11 is 1.64. The van der Waals surface area contributed by atoms with Gasteiger partial charge >= 0.3 is 0 Å². The Morgan fingerprint density at radius 1 is 1.16 bits per heavy atom. The van der Waals surface area contributed by atoms with Crippen molar-refractivity contribution in [3.63, 3.8) is 0 Å². The fourth-order valence-corrected chi connectivity index (χ4v) is 2.89.